The molecule has 0 saturated heterocycles. The summed E-state index contributed by atoms with van der Waals surface area (Å²) in [4.78, 5) is 9.59. The molecule has 1 N–H and O–H groups in total. The van der Waals surface area contributed by atoms with Crippen molar-refractivity contribution < 1.29 is 14.6 Å². The molecular weight excluding hydrogens is 96.0 g/mol. The van der Waals surface area contributed by atoms with E-state index in [4.69, 9.17) is 5.11 Å². The van der Waals surface area contributed by atoms with Gasteiger partial charge in [0.05, 0.1) is 6.26 Å². The van der Waals surface area contributed by atoms with Gasteiger partial charge in [-0.05, 0) is 0 Å². The Labute approximate surface area is 41.2 Å². The molecule has 0 spiro atoms. The second kappa shape index (κ2) is 3.21. The van der Waals surface area contributed by atoms with Gasteiger partial charge in [0.1, 0.15) is 0 Å². The number of aliphatic carboxylic acids is 1. The first-order chi connectivity index (χ1) is 3.27. The molecule has 0 aromatic heterocycles. The number of hydrogen-bond acceptors (Lipinski definition) is 2. The average molecular weight is 102 g/mol. The lowest BCUT2D eigenvalue weighted by Crippen LogP contribution is -2.02. The van der Waals surface area contributed by atoms with Crippen molar-refractivity contribution in [2.75, 3.05) is 6.61 Å². The molecule has 40 valence electrons. The van der Waals surface area contributed by atoms with Crippen molar-refractivity contribution in [3.05, 3.63) is 12.8 Å². The molecule has 0 aliphatic rings. The summed E-state index contributed by atoms with van der Waals surface area (Å²) in [6.45, 7) is 2.84. The van der Waals surface area contributed by atoms with Crippen LogP contribution in [-0.2, 0) is 9.53 Å². The molecule has 0 bridgehead atoms. The highest BCUT2D eigenvalue weighted by Crippen LogP contribution is 1.70. The van der Waals surface area contributed by atoms with Gasteiger partial charge >= 0.3 is 5.97 Å². The Morgan fingerprint density at radius 2 is 2.57 bits per heavy atom. The van der Waals surface area contributed by atoms with Crippen molar-refractivity contribution >= 4 is 5.97 Å². The topological polar surface area (TPSA) is 46.5 Å². The predicted octanol–water partition coefficient (Wildman–Crippen LogP) is 0.231. The molecule has 0 amide bonds. The van der Waals surface area contributed by atoms with Crippen LogP contribution in [0.5, 0.6) is 0 Å². The maximum absolute atomic E-state index is 9.59. The molecule has 0 aromatic rings. The Balaban J connectivity index is 2.97. The van der Waals surface area contributed by atoms with Crippen molar-refractivity contribution in [1.82, 2.24) is 0 Å². The third-order valence-electron chi connectivity index (χ3n) is 0.325. The first-order valence-corrected chi connectivity index (χ1v) is 1.71. The quantitative estimate of drug-likeness (QED) is 0.519. The molecule has 0 atom stereocenters. The number of carbonyl (C=O) groups is 1. The van der Waals surface area contributed by atoms with E-state index < -0.39 is 5.97 Å². The van der Waals surface area contributed by atoms with Crippen LogP contribution < -0.4 is 0 Å². The van der Waals surface area contributed by atoms with Crippen LogP contribution in [0.15, 0.2) is 12.8 Å². The largest absolute Gasteiger partial charge is 0.490 e. The minimum absolute atomic E-state index is 0.302. The molecule has 0 unspecified atom stereocenters. The van der Waals surface area contributed by atoms with Gasteiger partial charge in [0.25, 0.3) is 0 Å². The first-order valence-electron chi connectivity index (χ1n) is 1.71. The number of carboxylic acid groups (broad SMARTS) is 1. The third-order valence-corrected chi connectivity index (χ3v) is 0.325. The second-order valence-electron chi connectivity index (χ2n) is 0.871. The normalized spacial score (nSPS) is 7.43. The highest BCUT2D eigenvalue weighted by molar-refractivity contribution is 5.68. The molecule has 0 aromatic carbocycles. The summed E-state index contributed by atoms with van der Waals surface area (Å²) >= 11 is 0. The molecule has 0 rings (SSSR count). The molecule has 0 aliphatic carbocycles. The fourth-order valence-corrected chi connectivity index (χ4v) is 0.130. The van der Waals surface area contributed by atoms with Crippen LogP contribution >= 0.6 is 0 Å². The number of rotatable bonds is 3. The van der Waals surface area contributed by atoms with Gasteiger partial charge < -0.3 is 9.84 Å². The van der Waals surface area contributed by atoms with Gasteiger partial charge in [0.15, 0.2) is 6.61 Å². The lowest BCUT2D eigenvalue weighted by Gasteiger charge is -1.89. The van der Waals surface area contributed by atoms with Gasteiger partial charge in [0.2, 0.25) is 0 Å². The lowest BCUT2D eigenvalue weighted by atomic mass is 10.7. The molecule has 0 aliphatic heterocycles. The Kier molecular flexibility index (Phi) is 2.76. The average Bonchev–Trinajstić information content (AvgIpc) is 1.61. The molecule has 0 heterocycles. The zero-order valence-electron chi connectivity index (χ0n) is 3.76. The maximum Gasteiger partial charge on any atom is 0.341 e. The van der Waals surface area contributed by atoms with E-state index in [9.17, 15) is 4.79 Å². The summed E-state index contributed by atoms with van der Waals surface area (Å²) in [7, 11) is 0. The van der Waals surface area contributed by atoms with Crippen molar-refractivity contribution in [1.29, 1.82) is 0 Å². The SMILES string of the molecule is C=COCC(=O)O. The number of hydrogen-bond donors (Lipinski definition) is 1. The molecular formula is C4H6O3. The highest BCUT2D eigenvalue weighted by Gasteiger charge is 1.89. The molecule has 0 radical (unpaired) electrons. The molecule has 3 nitrogen and oxygen atoms in total. The van der Waals surface area contributed by atoms with Crippen LogP contribution in [0.3, 0.4) is 0 Å². The standard InChI is InChI=1S/C4H6O3/c1-2-7-3-4(5)6/h2H,1,3H2,(H,5,6). The van der Waals surface area contributed by atoms with Gasteiger partial charge in [0, 0.05) is 0 Å². The summed E-state index contributed by atoms with van der Waals surface area (Å²) < 4.78 is 4.26. The van der Waals surface area contributed by atoms with Crippen LogP contribution in [0.4, 0.5) is 0 Å². The van der Waals surface area contributed by atoms with Gasteiger partial charge in [-0.1, -0.05) is 6.58 Å². The van der Waals surface area contributed by atoms with Gasteiger partial charge in [-0.25, -0.2) is 4.79 Å². The van der Waals surface area contributed by atoms with Crippen LogP contribution in [0.2, 0.25) is 0 Å². The second-order valence-corrected chi connectivity index (χ2v) is 0.871. The van der Waals surface area contributed by atoms with Crippen LogP contribution in [0.1, 0.15) is 0 Å². The van der Waals surface area contributed by atoms with E-state index >= 15 is 0 Å². The Morgan fingerprint density at radius 1 is 2.00 bits per heavy atom. The van der Waals surface area contributed by atoms with Gasteiger partial charge in [-0.2, -0.15) is 0 Å². The number of ether oxygens (including phenoxy) is 1. The van der Waals surface area contributed by atoms with Crippen molar-refractivity contribution in [2.24, 2.45) is 0 Å². The van der Waals surface area contributed by atoms with Crippen LogP contribution in [0.25, 0.3) is 0 Å². The highest BCUT2D eigenvalue weighted by atomic mass is 16.5. The molecule has 0 saturated carbocycles. The minimum atomic E-state index is -0.986. The fraction of sp³-hybridized carbons (Fsp3) is 0.250. The summed E-state index contributed by atoms with van der Waals surface area (Å²) in [6, 6.07) is 0. The maximum atomic E-state index is 9.59. The third kappa shape index (κ3) is 5.01. The smallest absolute Gasteiger partial charge is 0.341 e. The zero-order chi connectivity index (χ0) is 5.70. The van der Waals surface area contributed by atoms with Crippen molar-refractivity contribution in [3.63, 3.8) is 0 Å². The van der Waals surface area contributed by atoms with E-state index in [0.717, 1.165) is 6.26 Å². The monoisotopic (exact) mass is 102 g/mol. The zero-order valence-corrected chi connectivity index (χ0v) is 3.76. The Morgan fingerprint density at radius 3 is 2.71 bits per heavy atom. The van der Waals surface area contributed by atoms with Gasteiger partial charge in [-0.15, -0.1) is 0 Å². The van der Waals surface area contributed by atoms with E-state index in [1.54, 1.807) is 0 Å². The van der Waals surface area contributed by atoms with Crippen molar-refractivity contribution in [3.8, 4) is 0 Å². The summed E-state index contributed by atoms with van der Waals surface area (Å²) in [5.41, 5.74) is 0. The van der Waals surface area contributed by atoms with E-state index in [0.29, 0.717) is 0 Å². The Bertz CT molecular complexity index is 77.0. The molecule has 3 heteroatoms. The van der Waals surface area contributed by atoms with E-state index in [1.807, 2.05) is 0 Å². The van der Waals surface area contributed by atoms with E-state index in [2.05, 4.69) is 11.3 Å². The van der Waals surface area contributed by atoms with Crippen molar-refractivity contribution in [2.45, 2.75) is 0 Å². The van der Waals surface area contributed by atoms with Crippen LogP contribution in [-0.4, -0.2) is 17.7 Å². The minimum Gasteiger partial charge on any atom is -0.490 e. The van der Waals surface area contributed by atoms with Gasteiger partial charge in [-0.3, -0.25) is 0 Å². The molecule has 0 fully saturated rings. The summed E-state index contributed by atoms with van der Waals surface area (Å²) in [6.07, 6.45) is 1.09. The summed E-state index contributed by atoms with van der Waals surface area (Å²) in [5.74, 6) is -0.986. The summed E-state index contributed by atoms with van der Waals surface area (Å²) in [5, 5.41) is 7.87. The Hall–Kier alpha value is -0.990. The van der Waals surface area contributed by atoms with Crippen LogP contribution in [0, 0.1) is 0 Å². The molecule has 7 heavy (non-hydrogen) atoms. The van der Waals surface area contributed by atoms with E-state index in [-0.39, 0.29) is 6.61 Å². The number of carboxylic acids is 1. The fourth-order valence-electron chi connectivity index (χ4n) is 0.130. The van der Waals surface area contributed by atoms with E-state index in [1.165, 1.54) is 0 Å². The first kappa shape index (κ1) is 6.01. The predicted molar refractivity (Wildman–Crippen MR) is 23.8 cm³/mol. The lowest BCUT2D eigenvalue weighted by molar-refractivity contribution is -0.140.